The highest BCUT2D eigenvalue weighted by atomic mass is 16.5. The Morgan fingerprint density at radius 1 is 1.38 bits per heavy atom. The molecule has 3 rings (SSSR count). The molecule has 1 aliphatic heterocycles. The van der Waals surface area contributed by atoms with Gasteiger partial charge in [-0.25, -0.2) is 0 Å². The summed E-state index contributed by atoms with van der Waals surface area (Å²) in [5.41, 5.74) is 0. The molecule has 6 heteroatoms. The highest BCUT2D eigenvalue weighted by Crippen LogP contribution is 2.29. The van der Waals surface area contributed by atoms with Gasteiger partial charge in [-0.15, -0.1) is 0 Å². The summed E-state index contributed by atoms with van der Waals surface area (Å²) in [6.45, 7) is 7.21. The SMILES string of the molecule is CC(C)CC(=O)N1CCCC(c2nc(CCOCC3CC3)no2)C1. The van der Waals surface area contributed by atoms with E-state index in [4.69, 9.17) is 9.26 Å². The highest BCUT2D eigenvalue weighted by molar-refractivity contribution is 5.76. The first-order valence-corrected chi connectivity index (χ1v) is 9.30. The fraction of sp³-hybridized carbons (Fsp3) is 0.833. The molecule has 0 aromatic carbocycles. The van der Waals surface area contributed by atoms with Crippen molar-refractivity contribution in [1.29, 1.82) is 0 Å². The summed E-state index contributed by atoms with van der Waals surface area (Å²) in [7, 11) is 0. The van der Waals surface area contributed by atoms with Crippen molar-refractivity contribution in [1.82, 2.24) is 15.0 Å². The van der Waals surface area contributed by atoms with Crippen LogP contribution in [0.1, 0.15) is 63.6 Å². The van der Waals surface area contributed by atoms with Crippen LogP contribution in [0.2, 0.25) is 0 Å². The Hall–Kier alpha value is -1.43. The van der Waals surface area contributed by atoms with Crippen LogP contribution in [0.15, 0.2) is 4.52 Å². The minimum absolute atomic E-state index is 0.170. The van der Waals surface area contributed by atoms with Crippen LogP contribution in [-0.4, -0.2) is 47.3 Å². The predicted octanol–water partition coefficient (Wildman–Crippen LogP) is 2.79. The maximum Gasteiger partial charge on any atom is 0.231 e. The molecule has 1 saturated heterocycles. The quantitative estimate of drug-likeness (QED) is 0.683. The molecule has 0 N–H and O–H groups in total. The van der Waals surface area contributed by atoms with Crippen molar-refractivity contribution in [2.45, 2.75) is 58.3 Å². The van der Waals surface area contributed by atoms with E-state index in [0.717, 1.165) is 31.9 Å². The van der Waals surface area contributed by atoms with Gasteiger partial charge in [0.25, 0.3) is 0 Å². The molecular weight excluding hydrogens is 306 g/mol. The fourth-order valence-corrected chi connectivity index (χ4v) is 3.12. The zero-order chi connectivity index (χ0) is 16.9. The molecule has 1 unspecified atom stereocenters. The summed E-state index contributed by atoms with van der Waals surface area (Å²) in [5.74, 6) is 2.97. The summed E-state index contributed by atoms with van der Waals surface area (Å²) >= 11 is 0. The third kappa shape index (κ3) is 5.03. The fourth-order valence-electron chi connectivity index (χ4n) is 3.12. The monoisotopic (exact) mass is 335 g/mol. The molecule has 1 aromatic rings. The first kappa shape index (κ1) is 17.4. The number of nitrogens with zero attached hydrogens (tertiary/aromatic N) is 3. The molecule has 2 aliphatic rings. The maximum absolute atomic E-state index is 12.3. The molecule has 2 heterocycles. The lowest BCUT2D eigenvalue weighted by Gasteiger charge is -2.31. The van der Waals surface area contributed by atoms with Gasteiger partial charge < -0.3 is 14.2 Å². The second-order valence-electron chi connectivity index (χ2n) is 7.59. The number of ether oxygens (including phenoxy) is 1. The van der Waals surface area contributed by atoms with Crippen LogP contribution in [-0.2, 0) is 16.0 Å². The van der Waals surface area contributed by atoms with Gasteiger partial charge in [-0.1, -0.05) is 19.0 Å². The minimum Gasteiger partial charge on any atom is -0.381 e. The number of hydrogen-bond acceptors (Lipinski definition) is 5. The summed E-state index contributed by atoms with van der Waals surface area (Å²) in [6.07, 6.45) is 5.92. The van der Waals surface area contributed by atoms with Gasteiger partial charge in [0.05, 0.1) is 12.5 Å². The van der Waals surface area contributed by atoms with E-state index in [2.05, 4.69) is 24.0 Å². The molecule has 1 atom stereocenters. The van der Waals surface area contributed by atoms with Crippen molar-refractivity contribution in [3.63, 3.8) is 0 Å². The van der Waals surface area contributed by atoms with Crippen LogP contribution in [0.3, 0.4) is 0 Å². The Morgan fingerprint density at radius 3 is 2.96 bits per heavy atom. The van der Waals surface area contributed by atoms with Gasteiger partial charge in [-0.05, 0) is 37.5 Å². The molecule has 1 amide bonds. The second kappa shape index (κ2) is 8.10. The van der Waals surface area contributed by atoms with Crippen molar-refractivity contribution in [3.8, 4) is 0 Å². The van der Waals surface area contributed by atoms with Gasteiger partial charge in [-0.2, -0.15) is 4.98 Å². The van der Waals surface area contributed by atoms with Crippen molar-refractivity contribution in [3.05, 3.63) is 11.7 Å². The van der Waals surface area contributed by atoms with Gasteiger partial charge in [0.15, 0.2) is 5.82 Å². The third-order valence-corrected chi connectivity index (χ3v) is 4.71. The third-order valence-electron chi connectivity index (χ3n) is 4.71. The molecule has 0 bridgehead atoms. The Morgan fingerprint density at radius 2 is 2.21 bits per heavy atom. The molecule has 2 fully saturated rings. The molecule has 1 aliphatic carbocycles. The van der Waals surface area contributed by atoms with Crippen molar-refractivity contribution in [2.24, 2.45) is 11.8 Å². The van der Waals surface area contributed by atoms with Crippen molar-refractivity contribution in [2.75, 3.05) is 26.3 Å². The lowest BCUT2D eigenvalue weighted by Crippen LogP contribution is -2.39. The van der Waals surface area contributed by atoms with Crippen LogP contribution < -0.4 is 0 Å². The zero-order valence-corrected chi connectivity index (χ0v) is 14.9. The molecule has 134 valence electrons. The van der Waals surface area contributed by atoms with Crippen LogP contribution >= 0.6 is 0 Å². The van der Waals surface area contributed by atoms with Gasteiger partial charge in [0, 0.05) is 32.5 Å². The predicted molar refractivity (Wildman–Crippen MR) is 89.6 cm³/mol. The Kier molecular flexibility index (Phi) is 5.87. The number of amides is 1. The van der Waals surface area contributed by atoms with E-state index in [1.165, 1.54) is 12.8 Å². The first-order chi connectivity index (χ1) is 11.6. The summed E-state index contributed by atoms with van der Waals surface area (Å²) in [5, 5.41) is 4.07. The van der Waals surface area contributed by atoms with E-state index in [0.29, 0.717) is 43.6 Å². The van der Waals surface area contributed by atoms with Gasteiger partial charge in [0.1, 0.15) is 0 Å². The number of carbonyl (C=O) groups is 1. The van der Waals surface area contributed by atoms with E-state index in [1.54, 1.807) is 0 Å². The van der Waals surface area contributed by atoms with Gasteiger partial charge in [0.2, 0.25) is 11.8 Å². The van der Waals surface area contributed by atoms with Gasteiger partial charge in [-0.3, -0.25) is 4.79 Å². The normalized spacial score (nSPS) is 21.5. The minimum atomic E-state index is 0.170. The van der Waals surface area contributed by atoms with Crippen LogP contribution in [0, 0.1) is 11.8 Å². The van der Waals surface area contributed by atoms with E-state index in [-0.39, 0.29) is 11.8 Å². The van der Waals surface area contributed by atoms with E-state index in [1.807, 2.05) is 4.90 Å². The molecule has 6 nitrogen and oxygen atoms in total. The summed E-state index contributed by atoms with van der Waals surface area (Å²) < 4.78 is 11.1. The average molecular weight is 335 g/mol. The number of carbonyl (C=O) groups excluding carboxylic acids is 1. The lowest BCUT2D eigenvalue weighted by atomic mass is 9.97. The molecule has 0 spiro atoms. The van der Waals surface area contributed by atoms with E-state index in [9.17, 15) is 4.79 Å². The first-order valence-electron chi connectivity index (χ1n) is 9.30. The number of rotatable bonds is 8. The molecule has 0 radical (unpaired) electrons. The Balaban J connectivity index is 1.47. The highest BCUT2D eigenvalue weighted by Gasteiger charge is 2.28. The Bertz CT molecular complexity index is 539. The number of aromatic nitrogens is 2. The van der Waals surface area contributed by atoms with Crippen LogP contribution in [0.5, 0.6) is 0 Å². The second-order valence-corrected chi connectivity index (χ2v) is 7.59. The standard InChI is InChI=1S/C18H29N3O3/c1-13(2)10-17(22)21-8-3-4-15(11-21)18-19-16(20-24-18)7-9-23-12-14-5-6-14/h13-15H,3-12H2,1-2H3. The van der Waals surface area contributed by atoms with Crippen LogP contribution in [0.4, 0.5) is 0 Å². The molecular formula is C18H29N3O3. The molecule has 1 saturated carbocycles. The number of piperidine rings is 1. The zero-order valence-electron chi connectivity index (χ0n) is 14.9. The van der Waals surface area contributed by atoms with Gasteiger partial charge >= 0.3 is 0 Å². The lowest BCUT2D eigenvalue weighted by molar-refractivity contribution is -0.133. The van der Waals surface area contributed by atoms with E-state index >= 15 is 0 Å². The topological polar surface area (TPSA) is 68.5 Å². The maximum atomic E-state index is 12.3. The van der Waals surface area contributed by atoms with Crippen molar-refractivity contribution >= 4 is 5.91 Å². The molecule has 1 aromatic heterocycles. The number of likely N-dealkylation sites (tertiary alicyclic amines) is 1. The molecule has 24 heavy (non-hydrogen) atoms. The summed E-state index contributed by atoms with van der Waals surface area (Å²) in [6, 6.07) is 0. The van der Waals surface area contributed by atoms with Crippen LogP contribution in [0.25, 0.3) is 0 Å². The Labute approximate surface area is 143 Å². The largest absolute Gasteiger partial charge is 0.381 e. The van der Waals surface area contributed by atoms with Crippen molar-refractivity contribution < 1.29 is 14.1 Å². The summed E-state index contributed by atoms with van der Waals surface area (Å²) in [4.78, 5) is 18.7. The number of hydrogen-bond donors (Lipinski definition) is 0. The van der Waals surface area contributed by atoms with E-state index < -0.39 is 0 Å². The average Bonchev–Trinajstić information content (AvgIpc) is 3.27. The smallest absolute Gasteiger partial charge is 0.231 e.